The van der Waals surface area contributed by atoms with Crippen molar-refractivity contribution >= 4 is 5.91 Å². The molecular formula is C29H35N3O3. The molecule has 1 N–H and O–H groups in total. The first-order valence-corrected chi connectivity index (χ1v) is 12.6. The number of amides is 1. The number of pyridine rings is 2. The molecule has 0 radical (unpaired) electrons. The topological polar surface area (TPSA) is 73.2 Å². The third-order valence-corrected chi connectivity index (χ3v) is 6.99. The van der Waals surface area contributed by atoms with Crippen LogP contribution in [0.15, 0.2) is 65.7 Å². The van der Waals surface area contributed by atoms with Crippen molar-refractivity contribution in [2.75, 3.05) is 13.7 Å². The normalized spacial score (nSPS) is 14.7. The number of carbonyl (C=O) groups excluding carboxylic acids is 1. The molecule has 6 heteroatoms. The highest BCUT2D eigenvalue weighted by Gasteiger charge is 2.27. The van der Waals surface area contributed by atoms with Crippen LogP contribution in [0.1, 0.15) is 71.0 Å². The average molecular weight is 474 g/mol. The van der Waals surface area contributed by atoms with Crippen molar-refractivity contribution in [2.45, 2.75) is 58.0 Å². The lowest BCUT2D eigenvalue weighted by atomic mass is 9.95. The molecule has 4 rings (SSSR count). The predicted molar refractivity (Wildman–Crippen MR) is 138 cm³/mol. The maximum absolute atomic E-state index is 13.8. The van der Waals surface area contributed by atoms with Gasteiger partial charge in [-0.15, -0.1) is 0 Å². The van der Waals surface area contributed by atoms with E-state index >= 15 is 0 Å². The average Bonchev–Trinajstić information content (AvgIpc) is 3.38. The fourth-order valence-corrected chi connectivity index (χ4v) is 5.22. The number of ether oxygens (including phenoxy) is 1. The summed E-state index contributed by atoms with van der Waals surface area (Å²) in [7, 11) is 1.69. The molecule has 0 bridgehead atoms. The molecule has 1 atom stereocenters. The smallest absolute Gasteiger partial charge is 0.257 e. The largest absolute Gasteiger partial charge is 0.385 e. The molecule has 2 heterocycles. The summed E-state index contributed by atoms with van der Waals surface area (Å²) in [5, 5.41) is 3.18. The molecule has 35 heavy (non-hydrogen) atoms. The molecule has 1 aliphatic carbocycles. The zero-order valence-electron chi connectivity index (χ0n) is 20.7. The van der Waals surface area contributed by atoms with Crippen LogP contribution in [0, 0.1) is 12.8 Å². The minimum Gasteiger partial charge on any atom is -0.385 e. The van der Waals surface area contributed by atoms with Gasteiger partial charge in [0.15, 0.2) is 5.43 Å². The number of methoxy groups -OCH3 is 1. The highest BCUT2D eigenvalue weighted by atomic mass is 16.5. The number of nitrogens with one attached hydrogen (secondary N) is 1. The van der Waals surface area contributed by atoms with Crippen LogP contribution in [0.25, 0.3) is 0 Å². The Balaban J connectivity index is 1.74. The van der Waals surface area contributed by atoms with Gasteiger partial charge in [0.1, 0.15) is 5.56 Å². The van der Waals surface area contributed by atoms with Crippen molar-refractivity contribution in [2.24, 2.45) is 5.92 Å². The van der Waals surface area contributed by atoms with Gasteiger partial charge in [0.25, 0.3) is 5.91 Å². The summed E-state index contributed by atoms with van der Waals surface area (Å²) in [6.07, 6.45) is 9.72. The molecule has 3 aromatic rings. The van der Waals surface area contributed by atoms with Gasteiger partial charge in [-0.25, -0.2) is 0 Å². The summed E-state index contributed by atoms with van der Waals surface area (Å²) in [6, 6.07) is 14.9. The molecule has 0 aliphatic heterocycles. The highest BCUT2D eigenvalue weighted by Crippen LogP contribution is 2.29. The van der Waals surface area contributed by atoms with Crippen molar-refractivity contribution in [1.29, 1.82) is 0 Å². The van der Waals surface area contributed by atoms with Crippen molar-refractivity contribution in [3.63, 3.8) is 0 Å². The Morgan fingerprint density at radius 3 is 2.49 bits per heavy atom. The molecule has 6 nitrogen and oxygen atoms in total. The number of hydrogen-bond donors (Lipinski definition) is 1. The highest BCUT2D eigenvalue weighted by molar-refractivity contribution is 5.95. The number of aryl methyl sites for hydroxylation is 1. The number of carbonyl (C=O) groups is 1. The summed E-state index contributed by atoms with van der Waals surface area (Å²) in [6.45, 7) is 3.31. The summed E-state index contributed by atoms with van der Waals surface area (Å²) in [5.74, 6) is 0.177. The van der Waals surface area contributed by atoms with Crippen molar-refractivity contribution in [1.82, 2.24) is 14.9 Å². The van der Waals surface area contributed by atoms with E-state index in [-0.39, 0.29) is 22.9 Å². The summed E-state index contributed by atoms with van der Waals surface area (Å²) >= 11 is 0. The molecule has 1 fully saturated rings. The van der Waals surface area contributed by atoms with E-state index in [2.05, 4.69) is 14.9 Å². The van der Waals surface area contributed by atoms with Crippen molar-refractivity contribution in [3.05, 3.63) is 99.2 Å². The van der Waals surface area contributed by atoms with Crippen LogP contribution < -0.4 is 10.7 Å². The van der Waals surface area contributed by atoms with Crippen LogP contribution >= 0.6 is 0 Å². The summed E-state index contributed by atoms with van der Waals surface area (Å²) in [4.78, 5) is 31.3. The maximum Gasteiger partial charge on any atom is 0.257 e. The monoisotopic (exact) mass is 473 g/mol. The fraction of sp³-hybridized carbons (Fsp3) is 0.414. The molecule has 1 aromatic carbocycles. The van der Waals surface area contributed by atoms with Crippen LogP contribution in [0.3, 0.4) is 0 Å². The standard InChI is InChI=1S/C29H35N3O3/c1-21-19-26(33)27(25(20-22-9-6-7-10-22)32(21)17-8-18-35-2)29(34)31-28(23-11-4-3-5-12-23)24-13-15-30-16-14-24/h3-5,11-16,19,22,28H,6-10,17-18,20H2,1-2H3,(H,31,34). The lowest BCUT2D eigenvalue weighted by Gasteiger charge is -2.24. The van der Waals surface area contributed by atoms with E-state index in [9.17, 15) is 9.59 Å². The Labute approximate surface area is 207 Å². The van der Waals surface area contributed by atoms with Gasteiger partial charge in [0, 0.05) is 50.1 Å². The van der Waals surface area contributed by atoms with Gasteiger partial charge in [0.05, 0.1) is 6.04 Å². The second-order valence-corrected chi connectivity index (χ2v) is 9.42. The van der Waals surface area contributed by atoms with Gasteiger partial charge < -0.3 is 14.6 Å². The van der Waals surface area contributed by atoms with Gasteiger partial charge in [0.2, 0.25) is 0 Å². The molecule has 1 unspecified atom stereocenters. The van der Waals surface area contributed by atoms with E-state index < -0.39 is 0 Å². The van der Waals surface area contributed by atoms with Gasteiger partial charge in [-0.2, -0.15) is 0 Å². The lowest BCUT2D eigenvalue weighted by Crippen LogP contribution is -2.36. The molecule has 2 aromatic heterocycles. The molecule has 1 amide bonds. The van der Waals surface area contributed by atoms with Crippen LogP contribution in [-0.4, -0.2) is 29.2 Å². The second kappa shape index (κ2) is 11.9. The lowest BCUT2D eigenvalue weighted by molar-refractivity contribution is 0.0939. The predicted octanol–water partition coefficient (Wildman–Crippen LogP) is 4.84. The Morgan fingerprint density at radius 1 is 1.11 bits per heavy atom. The second-order valence-electron chi connectivity index (χ2n) is 9.42. The maximum atomic E-state index is 13.8. The number of benzene rings is 1. The summed E-state index contributed by atoms with van der Waals surface area (Å²) < 4.78 is 7.43. The SMILES string of the molecule is COCCCn1c(C)cc(=O)c(C(=O)NC(c2ccccc2)c2ccncc2)c1CC1CCCC1. The fourth-order valence-electron chi connectivity index (χ4n) is 5.22. The number of nitrogens with zero attached hydrogens (tertiary/aromatic N) is 2. The van der Waals surface area contributed by atoms with Crippen LogP contribution in [0.2, 0.25) is 0 Å². The molecule has 1 saturated carbocycles. The summed E-state index contributed by atoms with van der Waals surface area (Å²) in [5.41, 5.74) is 3.69. The first-order chi connectivity index (χ1) is 17.1. The van der Waals surface area contributed by atoms with E-state index in [1.165, 1.54) is 12.8 Å². The van der Waals surface area contributed by atoms with Gasteiger partial charge in [-0.3, -0.25) is 14.6 Å². The molecule has 0 spiro atoms. The number of hydrogen-bond acceptors (Lipinski definition) is 4. The molecule has 1 aliphatic rings. The number of rotatable bonds is 10. The minimum absolute atomic E-state index is 0.211. The van der Waals surface area contributed by atoms with Crippen molar-refractivity contribution < 1.29 is 9.53 Å². The van der Waals surface area contributed by atoms with E-state index in [1.807, 2.05) is 49.4 Å². The Bertz CT molecular complexity index is 1130. The van der Waals surface area contributed by atoms with Crippen molar-refractivity contribution in [3.8, 4) is 0 Å². The minimum atomic E-state index is -0.381. The third-order valence-electron chi connectivity index (χ3n) is 6.99. The zero-order chi connectivity index (χ0) is 24.6. The van der Waals surface area contributed by atoms with E-state index in [4.69, 9.17) is 4.74 Å². The van der Waals surface area contributed by atoms with E-state index in [1.54, 1.807) is 25.6 Å². The third kappa shape index (κ3) is 6.06. The van der Waals surface area contributed by atoms with Crippen LogP contribution in [0.4, 0.5) is 0 Å². The van der Waals surface area contributed by atoms with E-state index in [0.717, 1.165) is 54.7 Å². The first-order valence-electron chi connectivity index (χ1n) is 12.6. The van der Waals surface area contributed by atoms with E-state index in [0.29, 0.717) is 12.5 Å². The Morgan fingerprint density at radius 2 is 1.80 bits per heavy atom. The van der Waals surface area contributed by atoms with Crippen LogP contribution in [-0.2, 0) is 17.7 Å². The number of aromatic nitrogens is 2. The van der Waals surface area contributed by atoms with Gasteiger partial charge in [-0.05, 0) is 48.9 Å². The first kappa shape index (κ1) is 24.9. The Hall–Kier alpha value is -3.25. The molecular weight excluding hydrogens is 438 g/mol. The van der Waals surface area contributed by atoms with Gasteiger partial charge >= 0.3 is 0 Å². The Kier molecular flexibility index (Phi) is 8.48. The zero-order valence-corrected chi connectivity index (χ0v) is 20.7. The van der Waals surface area contributed by atoms with Gasteiger partial charge in [-0.1, -0.05) is 56.0 Å². The van der Waals surface area contributed by atoms with Crippen LogP contribution in [0.5, 0.6) is 0 Å². The molecule has 184 valence electrons. The molecule has 0 saturated heterocycles. The quantitative estimate of drug-likeness (QED) is 0.428.